The van der Waals surface area contributed by atoms with Crippen LogP contribution >= 0.6 is 23.1 Å². The van der Waals surface area contributed by atoms with Crippen molar-refractivity contribution >= 4 is 45.8 Å². The molecule has 0 spiro atoms. The van der Waals surface area contributed by atoms with E-state index in [1.54, 1.807) is 11.3 Å². The number of carbonyl (C=O) groups excluding carboxylic acids is 2. The van der Waals surface area contributed by atoms with Gasteiger partial charge in [0, 0.05) is 6.08 Å². The van der Waals surface area contributed by atoms with E-state index in [4.69, 9.17) is 5.73 Å². The maximum absolute atomic E-state index is 11.5. The fraction of sp³-hybridized carbons (Fsp3) is 0.0909. The molecule has 3 N–H and O–H groups in total. The summed E-state index contributed by atoms with van der Waals surface area (Å²) < 4.78 is 0. The lowest BCUT2D eigenvalue weighted by molar-refractivity contribution is -0.116. The lowest BCUT2D eigenvalue weighted by atomic mass is 10.3. The van der Waals surface area contributed by atoms with Gasteiger partial charge in [-0.3, -0.25) is 14.9 Å². The highest BCUT2D eigenvalue weighted by Crippen LogP contribution is 2.23. The average Bonchev–Trinajstić information content (AvgIpc) is 2.96. The molecule has 1 aliphatic rings. The zero-order valence-electron chi connectivity index (χ0n) is 9.91. The van der Waals surface area contributed by atoms with Crippen molar-refractivity contribution < 1.29 is 9.59 Å². The molecule has 0 aliphatic carbocycles. The van der Waals surface area contributed by atoms with E-state index in [9.17, 15) is 9.59 Å². The van der Waals surface area contributed by atoms with Crippen molar-refractivity contribution in [1.82, 2.24) is 5.32 Å². The SMILES string of the molecule is C/C(=N/N=C1/NC(=O)/C(=C\C(N)=O)S1)c1cccs1. The molecule has 0 atom stereocenters. The normalized spacial score (nSPS) is 20.1. The molecule has 0 radical (unpaired) electrons. The second-order valence-corrected chi connectivity index (χ2v) is 5.51. The summed E-state index contributed by atoms with van der Waals surface area (Å²) in [6, 6.07) is 3.86. The number of nitrogens with one attached hydrogen (secondary N) is 1. The maximum atomic E-state index is 11.5. The molecule has 98 valence electrons. The van der Waals surface area contributed by atoms with Gasteiger partial charge in [0.05, 0.1) is 15.5 Å². The van der Waals surface area contributed by atoms with Gasteiger partial charge in [-0.05, 0) is 30.1 Å². The Morgan fingerprint density at radius 3 is 2.95 bits per heavy atom. The molecular weight excluding hydrogens is 284 g/mol. The van der Waals surface area contributed by atoms with Crippen LogP contribution in [0.15, 0.2) is 38.7 Å². The summed E-state index contributed by atoms with van der Waals surface area (Å²) in [5.41, 5.74) is 5.75. The number of amidine groups is 1. The van der Waals surface area contributed by atoms with Gasteiger partial charge in [0.15, 0.2) is 5.17 Å². The summed E-state index contributed by atoms with van der Waals surface area (Å²) in [6.07, 6.45) is 1.07. The van der Waals surface area contributed by atoms with Crippen molar-refractivity contribution in [2.45, 2.75) is 6.92 Å². The van der Waals surface area contributed by atoms with E-state index < -0.39 is 11.8 Å². The standard InChI is InChI=1S/C11H10N4O2S2/c1-6(7-3-2-4-18-7)14-15-11-13-10(17)8(19-11)5-9(12)16/h2-5H,1H3,(H2,12,16)(H,13,15,17)/b8-5+,14-6-. The summed E-state index contributed by atoms with van der Waals surface area (Å²) in [6.45, 7) is 1.83. The van der Waals surface area contributed by atoms with E-state index >= 15 is 0 Å². The minimum absolute atomic E-state index is 0.218. The van der Waals surface area contributed by atoms with Gasteiger partial charge in [0.25, 0.3) is 5.91 Å². The Hall–Kier alpha value is -1.93. The average molecular weight is 294 g/mol. The topological polar surface area (TPSA) is 96.9 Å². The third kappa shape index (κ3) is 3.52. The smallest absolute Gasteiger partial charge is 0.264 e. The van der Waals surface area contributed by atoms with E-state index in [1.165, 1.54) is 0 Å². The number of rotatable bonds is 3. The quantitative estimate of drug-likeness (QED) is 0.495. The number of hydrogen-bond donors (Lipinski definition) is 2. The minimum atomic E-state index is -0.669. The van der Waals surface area contributed by atoms with Crippen molar-refractivity contribution in [1.29, 1.82) is 0 Å². The van der Waals surface area contributed by atoms with Gasteiger partial charge >= 0.3 is 0 Å². The molecule has 0 bridgehead atoms. The number of nitrogens with zero attached hydrogens (tertiary/aromatic N) is 2. The number of thiophene rings is 1. The first kappa shape index (κ1) is 13.5. The molecule has 2 amide bonds. The van der Waals surface area contributed by atoms with Crippen LogP contribution in [0.2, 0.25) is 0 Å². The number of nitrogens with two attached hydrogens (primary N) is 1. The van der Waals surface area contributed by atoms with Gasteiger partial charge in [0.2, 0.25) is 5.91 Å². The molecule has 2 rings (SSSR count). The fourth-order valence-corrected chi connectivity index (χ4v) is 2.68. The van der Waals surface area contributed by atoms with Crippen LogP contribution in [0.4, 0.5) is 0 Å². The molecule has 0 saturated carbocycles. The van der Waals surface area contributed by atoms with Crippen molar-refractivity contribution in [2.24, 2.45) is 15.9 Å². The monoisotopic (exact) mass is 294 g/mol. The van der Waals surface area contributed by atoms with Gasteiger partial charge in [-0.15, -0.1) is 16.4 Å². The summed E-state index contributed by atoms with van der Waals surface area (Å²) in [5.74, 6) is -1.07. The lowest BCUT2D eigenvalue weighted by Gasteiger charge is -1.93. The van der Waals surface area contributed by atoms with Crippen molar-refractivity contribution in [3.05, 3.63) is 33.4 Å². The highest BCUT2D eigenvalue weighted by atomic mass is 32.2. The zero-order valence-corrected chi connectivity index (χ0v) is 11.5. The van der Waals surface area contributed by atoms with Gasteiger partial charge in [-0.1, -0.05) is 6.07 Å². The molecule has 1 aromatic heterocycles. The number of amides is 2. The largest absolute Gasteiger partial charge is 0.366 e. The van der Waals surface area contributed by atoms with Gasteiger partial charge < -0.3 is 5.73 Å². The van der Waals surface area contributed by atoms with Gasteiger partial charge in [-0.2, -0.15) is 5.10 Å². The predicted molar refractivity (Wildman–Crippen MR) is 77.0 cm³/mol. The molecular formula is C11H10N4O2S2. The van der Waals surface area contributed by atoms with Crippen molar-refractivity contribution in [3.8, 4) is 0 Å². The van der Waals surface area contributed by atoms with Crippen LogP contribution in [-0.2, 0) is 9.59 Å². The highest BCUT2D eigenvalue weighted by Gasteiger charge is 2.24. The molecule has 1 aromatic rings. The van der Waals surface area contributed by atoms with Crippen LogP contribution in [0.5, 0.6) is 0 Å². The molecule has 0 aromatic carbocycles. The Labute approximate surface area is 117 Å². The molecule has 6 nitrogen and oxygen atoms in total. The molecule has 8 heteroatoms. The van der Waals surface area contributed by atoms with Crippen LogP contribution in [0, 0.1) is 0 Å². The Morgan fingerprint density at radius 2 is 2.32 bits per heavy atom. The Kier molecular flexibility index (Phi) is 4.13. The number of hydrogen-bond acceptors (Lipinski definition) is 6. The summed E-state index contributed by atoms with van der Waals surface area (Å²) >= 11 is 2.59. The molecule has 1 saturated heterocycles. The summed E-state index contributed by atoms with van der Waals surface area (Å²) in [4.78, 5) is 23.4. The van der Waals surface area contributed by atoms with Gasteiger partial charge in [-0.25, -0.2) is 0 Å². The Bertz CT molecular complexity index is 602. The van der Waals surface area contributed by atoms with Crippen LogP contribution in [0.3, 0.4) is 0 Å². The zero-order chi connectivity index (χ0) is 13.8. The fourth-order valence-electron chi connectivity index (χ4n) is 1.26. The van der Waals surface area contributed by atoms with Crippen LogP contribution < -0.4 is 11.1 Å². The van der Waals surface area contributed by atoms with E-state index in [0.29, 0.717) is 5.17 Å². The van der Waals surface area contributed by atoms with E-state index in [-0.39, 0.29) is 4.91 Å². The van der Waals surface area contributed by atoms with Crippen molar-refractivity contribution in [2.75, 3.05) is 0 Å². The minimum Gasteiger partial charge on any atom is -0.366 e. The summed E-state index contributed by atoms with van der Waals surface area (Å²) in [7, 11) is 0. The first-order chi connectivity index (χ1) is 9.06. The number of primary amides is 1. The predicted octanol–water partition coefficient (Wildman–Crippen LogP) is 1.06. The molecule has 1 aliphatic heterocycles. The number of carbonyl (C=O) groups is 2. The first-order valence-corrected chi connectivity index (χ1v) is 6.92. The maximum Gasteiger partial charge on any atom is 0.264 e. The molecule has 2 heterocycles. The molecule has 19 heavy (non-hydrogen) atoms. The second kappa shape index (κ2) is 5.81. The third-order valence-corrected chi connectivity index (χ3v) is 3.97. The molecule has 0 unspecified atom stereocenters. The second-order valence-electron chi connectivity index (χ2n) is 3.54. The van der Waals surface area contributed by atoms with Crippen LogP contribution in [-0.4, -0.2) is 22.7 Å². The number of thioether (sulfide) groups is 1. The van der Waals surface area contributed by atoms with E-state index in [0.717, 1.165) is 28.4 Å². The Balaban J connectivity index is 2.12. The van der Waals surface area contributed by atoms with Gasteiger partial charge in [0.1, 0.15) is 0 Å². The third-order valence-electron chi connectivity index (χ3n) is 2.09. The summed E-state index contributed by atoms with van der Waals surface area (Å²) in [5, 5.41) is 12.7. The Morgan fingerprint density at radius 1 is 1.53 bits per heavy atom. The van der Waals surface area contributed by atoms with E-state index in [1.807, 2.05) is 24.4 Å². The molecule has 1 fully saturated rings. The van der Waals surface area contributed by atoms with Crippen LogP contribution in [0.1, 0.15) is 11.8 Å². The first-order valence-electron chi connectivity index (χ1n) is 5.22. The lowest BCUT2D eigenvalue weighted by Crippen LogP contribution is -2.20. The van der Waals surface area contributed by atoms with Crippen LogP contribution in [0.25, 0.3) is 0 Å². The van der Waals surface area contributed by atoms with Crippen molar-refractivity contribution in [3.63, 3.8) is 0 Å². The van der Waals surface area contributed by atoms with E-state index in [2.05, 4.69) is 15.5 Å². The highest BCUT2D eigenvalue weighted by molar-refractivity contribution is 8.18.